The number of aromatic nitrogens is 1. The minimum atomic E-state index is 0. The Hall–Kier alpha value is -0.860. The Morgan fingerprint density at radius 1 is 0.867 bits per heavy atom. The Labute approximate surface area is 104 Å². The lowest BCUT2D eigenvalue weighted by molar-refractivity contribution is -0.671. The summed E-state index contributed by atoms with van der Waals surface area (Å²) in [4.78, 5) is 0. The molecule has 0 amide bonds. The van der Waals surface area contributed by atoms with Gasteiger partial charge in [-0.25, -0.2) is 4.57 Å². The summed E-state index contributed by atoms with van der Waals surface area (Å²) in [7, 11) is 2.02. The second-order valence-corrected chi connectivity index (χ2v) is 4.17. The van der Waals surface area contributed by atoms with E-state index in [0.717, 1.165) is 4.47 Å². The number of pyridine rings is 1. The predicted molar refractivity (Wildman–Crippen MR) is 60.8 cm³/mol. The normalized spacial score (nSPS) is 9.47. The molecule has 0 saturated carbocycles. The number of benzene rings is 1. The summed E-state index contributed by atoms with van der Waals surface area (Å²) < 4.78 is 3.14. The first-order chi connectivity index (χ1) is 6.75. The molecule has 0 spiro atoms. The summed E-state index contributed by atoms with van der Waals surface area (Å²) in [5, 5.41) is 0. The van der Waals surface area contributed by atoms with Crippen LogP contribution in [0.2, 0.25) is 0 Å². The van der Waals surface area contributed by atoms with Gasteiger partial charge in [-0.15, -0.1) is 0 Å². The maximum Gasteiger partial charge on any atom is 0.169 e. The Balaban J connectivity index is 0.00000112. The third-order valence-corrected chi connectivity index (χ3v) is 2.68. The molecule has 0 aliphatic carbocycles. The molecule has 0 aliphatic rings. The van der Waals surface area contributed by atoms with E-state index in [9.17, 15) is 0 Å². The number of nitrogens with zero attached hydrogens (tertiary/aromatic N) is 1. The van der Waals surface area contributed by atoms with E-state index in [1.165, 1.54) is 11.1 Å². The van der Waals surface area contributed by atoms with Crippen LogP contribution >= 0.6 is 15.9 Å². The van der Waals surface area contributed by atoms with E-state index < -0.39 is 0 Å². The largest absolute Gasteiger partial charge is 1.00 e. The van der Waals surface area contributed by atoms with Crippen LogP contribution in [0.15, 0.2) is 53.3 Å². The van der Waals surface area contributed by atoms with E-state index in [-0.39, 0.29) is 12.4 Å². The van der Waals surface area contributed by atoms with Gasteiger partial charge in [-0.05, 0) is 23.3 Å². The number of rotatable bonds is 1. The van der Waals surface area contributed by atoms with Crippen molar-refractivity contribution in [3.8, 4) is 11.1 Å². The molecule has 3 heteroatoms. The maximum absolute atomic E-state index is 3.43. The second kappa shape index (κ2) is 5.29. The molecule has 2 aromatic rings. The molecule has 1 heterocycles. The zero-order valence-electron chi connectivity index (χ0n) is 8.32. The molecule has 1 aromatic carbocycles. The van der Waals surface area contributed by atoms with Gasteiger partial charge in [0.25, 0.3) is 0 Å². The number of hydrogen-bond donors (Lipinski definition) is 0. The van der Waals surface area contributed by atoms with Crippen molar-refractivity contribution in [2.75, 3.05) is 0 Å². The van der Waals surface area contributed by atoms with Crippen molar-refractivity contribution in [1.82, 2.24) is 0 Å². The highest BCUT2D eigenvalue weighted by molar-refractivity contribution is 9.10. The van der Waals surface area contributed by atoms with Crippen LogP contribution in [0.4, 0.5) is 0 Å². The monoisotopic (exact) mass is 283 g/mol. The first kappa shape index (κ1) is 12.2. The van der Waals surface area contributed by atoms with E-state index in [1.54, 1.807) is 0 Å². The first-order valence-electron chi connectivity index (χ1n) is 4.47. The molecule has 0 aliphatic heterocycles. The molecule has 0 bridgehead atoms. The van der Waals surface area contributed by atoms with Crippen LogP contribution in [0.1, 0.15) is 0 Å². The highest BCUT2D eigenvalue weighted by atomic mass is 79.9. The number of hydrogen-bond acceptors (Lipinski definition) is 0. The van der Waals surface area contributed by atoms with Crippen LogP contribution in [0, 0.1) is 0 Å². The second-order valence-electron chi connectivity index (χ2n) is 3.26. The molecule has 0 saturated heterocycles. The average molecular weight is 285 g/mol. The van der Waals surface area contributed by atoms with E-state index in [1.807, 2.05) is 11.6 Å². The van der Waals surface area contributed by atoms with Gasteiger partial charge >= 0.3 is 0 Å². The number of halogens is 2. The third-order valence-electron chi connectivity index (χ3n) is 2.16. The van der Waals surface area contributed by atoms with Gasteiger partial charge in [-0.3, -0.25) is 0 Å². The molecule has 0 unspecified atom stereocenters. The predicted octanol–water partition coefficient (Wildman–Crippen LogP) is -0.0554. The summed E-state index contributed by atoms with van der Waals surface area (Å²) in [5.74, 6) is 0. The van der Waals surface area contributed by atoms with E-state index >= 15 is 0 Å². The van der Waals surface area contributed by atoms with Gasteiger partial charge in [-0.2, -0.15) is 0 Å². The van der Waals surface area contributed by atoms with Crippen molar-refractivity contribution >= 4 is 15.9 Å². The van der Waals surface area contributed by atoms with Gasteiger partial charge in [0.15, 0.2) is 12.4 Å². The van der Waals surface area contributed by atoms with Crippen molar-refractivity contribution in [1.29, 1.82) is 0 Å². The van der Waals surface area contributed by atoms with Crippen LogP contribution in [0.25, 0.3) is 11.1 Å². The van der Waals surface area contributed by atoms with Crippen LogP contribution in [0.5, 0.6) is 0 Å². The maximum atomic E-state index is 3.43. The molecule has 15 heavy (non-hydrogen) atoms. The first-order valence-corrected chi connectivity index (χ1v) is 5.26. The SMILES string of the molecule is C[n+]1ccc(-c2ccc(Br)cc2)cc1.[Cl-]. The smallest absolute Gasteiger partial charge is 0.169 e. The van der Waals surface area contributed by atoms with Gasteiger partial charge in [0.1, 0.15) is 7.05 Å². The fourth-order valence-corrected chi connectivity index (χ4v) is 1.60. The average Bonchev–Trinajstić information content (AvgIpc) is 2.21. The molecular formula is C12H11BrClN. The fraction of sp³-hybridized carbons (Fsp3) is 0.0833. The highest BCUT2D eigenvalue weighted by Crippen LogP contribution is 2.20. The zero-order valence-corrected chi connectivity index (χ0v) is 10.7. The van der Waals surface area contributed by atoms with E-state index in [4.69, 9.17) is 0 Å². The summed E-state index contributed by atoms with van der Waals surface area (Å²) in [6, 6.07) is 12.6. The van der Waals surface area contributed by atoms with E-state index in [0.29, 0.717) is 0 Å². The molecule has 2 rings (SSSR count). The van der Waals surface area contributed by atoms with Crippen molar-refractivity contribution < 1.29 is 17.0 Å². The van der Waals surface area contributed by atoms with Crippen molar-refractivity contribution in [2.24, 2.45) is 7.05 Å². The third kappa shape index (κ3) is 3.05. The molecule has 1 aromatic heterocycles. The lowest BCUT2D eigenvalue weighted by Crippen LogP contribution is -3.00. The van der Waals surface area contributed by atoms with Crippen LogP contribution in [0.3, 0.4) is 0 Å². The molecule has 0 fully saturated rings. The van der Waals surface area contributed by atoms with Gasteiger partial charge in [0, 0.05) is 16.6 Å². The zero-order chi connectivity index (χ0) is 9.97. The Bertz CT molecular complexity index is 379. The number of aryl methyl sites for hydroxylation is 1. The van der Waals surface area contributed by atoms with Gasteiger partial charge < -0.3 is 12.4 Å². The molecule has 0 atom stereocenters. The lowest BCUT2D eigenvalue weighted by atomic mass is 10.1. The molecule has 0 N–H and O–H groups in total. The van der Waals surface area contributed by atoms with Crippen molar-refractivity contribution in [3.05, 3.63) is 53.3 Å². The minimum absolute atomic E-state index is 0. The van der Waals surface area contributed by atoms with Crippen molar-refractivity contribution in [2.45, 2.75) is 0 Å². The molecule has 78 valence electrons. The highest BCUT2D eigenvalue weighted by Gasteiger charge is 1.98. The lowest BCUT2D eigenvalue weighted by Gasteiger charge is -1.99. The van der Waals surface area contributed by atoms with Gasteiger partial charge in [0.05, 0.1) is 0 Å². The summed E-state index contributed by atoms with van der Waals surface area (Å²) >= 11 is 3.43. The summed E-state index contributed by atoms with van der Waals surface area (Å²) in [6.07, 6.45) is 4.11. The van der Waals surface area contributed by atoms with E-state index in [2.05, 4.69) is 64.7 Å². The minimum Gasteiger partial charge on any atom is -1.00 e. The summed E-state index contributed by atoms with van der Waals surface area (Å²) in [5.41, 5.74) is 2.49. The van der Waals surface area contributed by atoms with Crippen LogP contribution < -0.4 is 17.0 Å². The Kier molecular flexibility index (Phi) is 4.30. The van der Waals surface area contributed by atoms with Crippen LogP contribution in [-0.4, -0.2) is 0 Å². The molecule has 0 radical (unpaired) electrons. The van der Waals surface area contributed by atoms with Gasteiger partial charge in [0.2, 0.25) is 0 Å². The topological polar surface area (TPSA) is 3.88 Å². The van der Waals surface area contributed by atoms with Gasteiger partial charge in [-0.1, -0.05) is 28.1 Å². The molecular weight excluding hydrogens is 273 g/mol. The summed E-state index contributed by atoms with van der Waals surface area (Å²) in [6.45, 7) is 0. The molecule has 1 nitrogen and oxygen atoms in total. The quantitative estimate of drug-likeness (QED) is 0.646. The Morgan fingerprint density at radius 2 is 1.33 bits per heavy atom. The van der Waals surface area contributed by atoms with Crippen molar-refractivity contribution in [3.63, 3.8) is 0 Å². The Morgan fingerprint density at radius 3 is 1.87 bits per heavy atom. The standard InChI is InChI=1S/C12H11BrN.ClH/c1-14-8-6-11(7-9-14)10-2-4-12(13)5-3-10;/h2-9H,1H3;1H/q+1;/p-1. The fourth-order valence-electron chi connectivity index (χ4n) is 1.34. The van der Waals surface area contributed by atoms with Crippen LogP contribution in [-0.2, 0) is 7.05 Å².